The largest absolute Gasteiger partial charge is 0.481 e. The molecule has 21 heavy (non-hydrogen) atoms. The van der Waals surface area contributed by atoms with Crippen molar-refractivity contribution in [2.45, 2.75) is 19.3 Å². The van der Waals surface area contributed by atoms with E-state index in [1.54, 1.807) is 4.90 Å². The number of carbonyl (C=O) groups excluding carboxylic acids is 1. The molecule has 0 radical (unpaired) electrons. The molecule has 114 valence electrons. The molecule has 0 atom stereocenters. The molecule has 1 saturated heterocycles. The van der Waals surface area contributed by atoms with Gasteiger partial charge in [0.2, 0.25) is 0 Å². The maximum atomic E-state index is 12.1. The molecule has 0 bridgehead atoms. The predicted octanol–water partition coefficient (Wildman–Crippen LogP) is 1.53. The van der Waals surface area contributed by atoms with Crippen molar-refractivity contribution in [3.63, 3.8) is 0 Å². The maximum absolute atomic E-state index is 12.1. The van der Waals surface area contributed by atoms with Crippen molar-refractivity contribution < 1.29 is 14.7 Å². The average molecular weight is 291 g/mol. The van der Waals surface area contributed by atoms with E-state index in [1.807, 2.05) is 24.3 Å². The van der Waals surface area contributed by atoms with Gasteiger partial charge in [0.25, 0.3) is 0 Å². The predicted molar refractivity (Wildman–Crippen MR) is 80.5 cm³/mol. The quantitative estimate of drug-likeness (QED) is 0.786. The molecule has 1 aliphatic rings. The van der Waals surface area contributed by atoms with E-state index in [4.69, 9.17) is 5.11 Å². The number of anilines is 1. The van der Waals surface area contributed by atoms with Gasteiger partial charge in [-0.15, -0.1) is 0 Å². The van der Waals surface area contributed by atoms with Crippen LogP contribution in [0.1, 0.15) is 18.4 Å². The third-order valence-corrected chi connectivity index (χ3v) is 3.46. The van der Waals surface area contributed by atoms with Crippen molar-refractivity contribution in [3.8, 4) is 0 Å². The Morgan fingerprint density at radius 3 is 2.67 bits per heavy atom. The summed E-state index contributed by atoms with van der Waals surface area (Å²) in [4.78, 5) is 24.5. The highest BCUT2D eigenvalue weighted by atomic mass is 16.4. The third-order valence-electron chi connectivity index (χ3n) is 3.46. The number of carboxylic acids is 1. The lowest BCUT2D eigenvalue weighted by molar-refractivity contribution is -0.136. The summed E-state index contributed by atoms with van der Waals surface area (Å²) in [6, 6.07) is 7.23. The molecule has 0 aliphatic carbocycles. The van der Waals surface area contributed by atoms with E-state index in [-0.39, 0.29) is 12.5 Å². The highest BCUT2D eigenvalue weighted by molar-refractivity contribution is 5.89. The second-order valence-electron chi connectivity index (χ2n) is 5.11. The number of benzene rings is 1. The molecule has 1 fully saturated rings. The summed E-state index contributed by atoms with van der Waals surface area (Å²) in [5.41, 5.74) is 1.69. The van der Waals surface area contributed by atoms with E-state index in [0.717, 1.165) is 37.3 Å². The van der Waals surface area contributed by atoms with Crippen LogP contribution in [0.3, 0.4) is 0 Å². The van der Waals surface area contributed by atoms with Gasteiger partial charge in [-0.05, 0) is 37.1 Å². The summed E-state index contributed by atoms with van der Waals surface area (Å²) in [5, 5.41) is 14.8. The van der Waals surface area contributed by atoms with Crippen LogP contribution >= 0.6 is 0 Å². The van der Waals surface area contributed by atoms with Crippen molar-refractivity contribution in [3.05, 3.63) is 29.8 Å². The molecule has 6 heteroatoms. The van der Waals surface area contributed by atoms with Gasteiger partial charge in [-0.3, -0.25) is 4.79 Å². The fourth-order valence-corrected chi connectivity index (χ4v) is 2.26. The van der Waals surface area contributed by atoms with Gasteiger partial charge in [-0.25, -0.2) is 4.79 Å². The summed E-state index contributed by atoms with van der Waals surface area (Å²) < 4.78 is 0. The van der Waals surface area contributed by atoms with E-state index >= 15 is 0 Å². The zero-order valence-corrected chi connectivity index (χ0v) is 12.0. The van der Waals surface area contributed by atoms with E-state index in [1.165, 1.54) is 0 Å². The number of rotatable bonds is 4. The molecule has 1 aromatic carbocycles. The summed E-state index contributed by atoms with van der Waals surface area (Å²) in [5.74, 6) is -0.804. The normalized spacial score (nSPS) is 15.3. The minimum absolute atomic E-state index is 0.0861. The first-order chi connectivity index (χ1) is 10.1. The van der Waals surface area contributed by atoms with Crippen molar-refractivity contribution in [1.29, 1.82) is 0 Å². The van der Waals surface area contributed by atoms with Gasteiger partial charge in [0.05, 0.1) is 0 Å². The topological polar surface area (TPSA) is 81.7 Å². The lowest BCUT2D eigenvalue weighted by Crippen LogP contribution is -2.37. The summed E-state index contributed by atoms with van der Waals surface area (Å²) in [7, 11) is 0. The van der Waals surface area contributed by atoms with Crippen LogP contribution in [0.4, 0.5) is 10.5 Å². The Morgan fingerprint density at radius 2 is 1.95 bits per heavy atom. The van der Waals surface area contributed by atoms with Crippen molar-refractivity contribution in [2.75, 3.05) is 31.5 Å². The number of aryl methyl sites for hydroxylation is 1. The number of aliphatic carboxylic acids is 1. The Morgan fingerprint density at radius 1 is 1.19 bits per heavy atom. The highest BCUT2D eigenvalue weighted by Gasteiger charge is 2.14. The first kappa shape index (κ1) is 15.3. The van der Waals surface area contributed by atoms with Crippen LogP contribution in [0.25, 0.3) is 0 Å². The van der Waals surface area contributed by atoms with Crippen molar-refractivity contribution in [1.82, 2.24) is 10.2 Å². The van der Waals surface area contributed by atoms with Crippen molar-refractivity contribution >= 4 is 17.7 Å². The minimum atomic E-state index is -0.804. The fraction of sp³-hybridized carbons (Fsp3) is 0.467. The number of hydrogen-bond acceptors (Lipinski definition) is 3. The first-order valence-corrected chi connectivity index (χ1v) is 7.22. The van der Waals surface area contributed by atoms with Crippen LogP contribution in [-0.4, -0.2) is 48.2 Å². The van der Waals surface area contributed by atoms with Gasteiger partial charge in [0.1, 0.15) is 0 Å². The Bertz CT molecular complexity index is 479. The average Bonchev–Trinajstić information content (AvgIpc) is 2.75. The van der Waals surface area contributed by atoms with Crippen LogP contribution in [0.2, 0.25) is 0 Å². The van der Waals surface area contributed by atoms with Gasteiger partial charge in [0.15, 0.2) is 0 Å². The molecule has 2 amide bonds. The summed E-state index contributed by atoms with van der Waals surface area (Å²) in [6.45, 7) is 3.24. The third kappa shape index (κ3) is 5.07. The zero-order valence-electron chi connectivity index (χ0n) is 12.0. The Labute approximate surface area is 124 Å². The van der Waals surface area contributed by atoms with Gasteiger partial charge in [-0.1, -0.05) is 12.1 Å². The molecule has 2 rings (SSSR count). The molecule has 0 aromatic heterocycles. The number of nitrogens with one attached hydrogen (secondary N) is 2. The lowest BCUT2D eigenvalue weighted by atomic mass is 10.1. The SMILES string of the molecule is O=C(O)CCc1ccc(NC(=O)N2CCCNCC2)cc1. The summed E-state index contributed by atoms with van der Waals surface area (Å²) >= 11 is 0. The smallest absolute Gasteiger partial charge is 0.321 e. The number of nitrogens with zero attached hydrogens (tertiary/aromatic N) is 1. The maximum Gasteiger partial charge on any atom is 0.321 e. The van der Waals surface area contributed by atoms with Crippen molar-refractivity contribution in [2.24, 2.45) is 0 Å². The van der Waals surface area contributed by atoms with Crippen LogP contribution in [-0.2, 0) is 11.2 Å². The van der Waals surface area contributed by atoms with Crippen LogP contribution < -0.4 is 10.6 Å². The van der Waals surface area contributed by atoms with E-state index < -0.39 is 5.97 Å². The Hall–Kier alpha value is -2.08. The number of hydrogen-bond donors (Lipinski definition) is 3. The number of amides is 2. The second-order valence-corrected chi connectivity index (χ2v) is 5.11. The van der Waals surface area contributed by atoms with Gasteiger partial charge in [-0.2, -0.15) is 0 Å². The molecule has 1 aliphatic heterocycles. The Balaban J connectivity index is 1.87. The number of urea groups is 1. The van der Waals surface area contributed by atoms with E-state index in [9.17, 15) is 9.59 Å². The first-order valence-electron chi connectivity index (χ1n) is 7.22. The van der Waals surface area contributed by atoms with E-state index in [2.05, 4.69) is 10.6 Å². The van der Waals surface area contributed by atoms with Crippen LogP contribution in [0.15, 0.2) is 24.3 Å². The molecule has 0 spiro atoms. The molecule has 0 unspecified atom stereocenters. The molecule has 0 saturated carbocycles. The zero-order chi connectivity index (χ0) is 15.1. The number of carboxylic acid groups (broad SMARTS) is 1. The van der Waals surface area contributed by atoms with Gasteiger partial charge in [0, 0.05) is 31.7 Å². The van der Waals surface area contributed by atoms with Crippen LogP contribution in [0.5, 0.6) is 0 Å². The summed E-state index contributed by atoms with van der Waals surface area (Å²) in [6.07, 6.45) is 1.58. The molecule has 1 heterocycles. The molecular formula is C15H21N3O3. The minimum Gasteiger partial charge on any atom is -0.481 e. The molecule has 1 aromatic rings. The standard InChI is InChI=1S/C15H21N3O3/c19-14(20)7-4-12-2-5-13(6-3-12)17-15(21)18-10-1-8-16-9-11-18/h2-3,5-6,16H,1,4,7-11H2,(H,17,21)(H,19,20). The molecule has 3 N–H and O–H groups in total. The van der Waals surface area contributed by atoms with Crippen LogP contribution in [0, 0.1) is 0 Å². The highest BCUT2D eigenvalue weighted by Crippen LogP contribution is 2.12. The lowest BCUT2D eigenvalue weighted by Gasteiger charge is -2.20. The monoisotopic (exact) mass is 291 g/mol. The van der Waals surface area contributed by atoms with E-state index in [0.29, 0.717) is 13.0 Å². The van der Waals surface area contributed by atoms with Gasteiger partial charge < -0.3 is 20.6 Å². The Kier molecular flexibility index (Phi) is 5.57. The second kappa shape index (κ2) is 7.64. The molecule has 6 nitrogen and oxygen atoms in total. The van der Waals surface area contributed by atoms with Gasteiger partial charge >= 0.3 is 12.0 Å². The number of carbonyl (C=O) groups is 2. The molecular weight excluding hydrogens is 270 g/mol. The fourth-order valence-electron chi connectivity index (χ4n) is 2.26.